The summed E-state index contributed by atoms with van der Waals surface area (Å²) in [7, 11) is 0. The number of hydrogen-bond acceptors (Lipinski definition) is 2. The first-order chi connectivity index (χ1) is 9.54. The van der Waals surface area contributed by atoms with Gasteiger partial charge in [0, 0.05) is 4.88 Å². The molecule has 6 heteroatoms. The Morgan fingerprint density at radius 3 is 2.75 bits per heavy atom. The van der Waals surface area contributed by atoms with Crippen LogP contribution in [0.15, 0.2) is 28.1 Å². The average molecular weight is 397 g/mol. The SMILES string of the molecule is CCCNC(c1cc(Cl)c(Br)s1)c1cccc(F)c1Cl. The summed E-state index contributed by atoms with van der Waals surface area (Å²) in [6, 6.07) is 6.58. The van der Waals surface area contributed by atoms with E-state index in [0.717, 1.165) is 27.2 Å². The molecule has 0 aliphatic rings. The van der Waals surface area contributed by atoms with Gasteiger partial charge in [0.15, 0.2) is 0 Å². The van der Waals surface area contributed by atoms with Crippen molar-refractivity contribution in [1.82, 2.24) is 5.32 Å². The van der Waals surface area contributed by atoms with Crippen molar-refractivity contribution in [2.24, 2.45) is 0 Å². The highest BCUT2D eigenvalue weighted by atomic mass is 79.9. The second-order valence-electron chi connectivity index (χ2n) is 4.30. The van der Waals surface area contributed by atoms with E-state index in [4.69, 9.17) is 23.2 Å². The Morgan fingerprint density at radius 1 is 1.40 bits per heavy atom. The highest BCUT2D eigenvalue weighted by Gasteiger charge is 2.21. The molecule has 0 radical (unpaired) electrons. The molecule has 0 bridgehead atoms. The Morgan fingerprint density at radius 2 is 2.15 bits per heavy atom. The lowest BCUT2D eigenvalue weighted by molar-refractivity contribution is 0.591. The molecule has 0 saturated carbocycles. The van der Waals surface area contributed by atoms with Gasteiger partial charge in [0.05, 0.1) is 19.9 Å². The van der Waals surface area contributed by atoms with Crippen molar-refractivity contribution in [2.75, 3.05) is 6.54 Å². The summed E-state index contributed by atoms with van der Waals surface area (Å²) in [6.07, 6.45) is 0.976. The van der Waals surface area contributed by atoms with E-state index in [1.165, 1.54) is 17.4 Å². The number of thiophene rings is 1. The molecule has 1 unspecified atom stereocenters. The summed E-state index contributed by atoms with van der Waals surface area (Å²) in [5.41, 5.74) is 0.727. The van der Waals surface area contributed by atoms with Gasteiger partial charge in [-0.2, -0.15) is 0 Å². The van der Waals surface area contributed by atoms with Gasteiger partial charge in [-0.3, -0.25) is 0 Å². The molecular formula is C14H13BrCl2FNS. The number of rotatable bonds is 5. The number of nitrogens with one attached hydrogen (secondary N) is 1. The third kappa shape index (κ3) is 3.55. The van der Waals surface area contributed by atoms with Gasteiger partial charge in [-0.25, -0.2) is 4.39 Å². The Labute approximate surface area is 140 Å². The smallest absolute Gasteiger partial charge is 0.142 e. The van der Waals surface area contributed by atoms with E-state index in [0.29, 0.717) is 5.02 Å². The van der Waals surface area contributed by atoms with Crippen molar-refractivity contribution < 1.29 is 4.39 Å². The van der Waals surface area contributed by atoms with Crippen molar-refractivity contribution in [2.45, 2.75) is 19.4 Å². The summed E-state index contributed by atoms with van der Waals surface area (Å²) in [4.78, 5) is 1.00. The molecule has 0 spiro atoms. The van der Waals surface area contributed by atoms with Crippen LogP contribution in [0.4, 0.5) is 4.39 Å². The van der Waals surface area contributed by atoms with E-state index < -0.39 is 5.82 Å². The van der Waals surface area contributed by atoms with E-state index in [-0.39, 0.29) is 11.1 Å². The predicted octanol–water partition coefficient (Wildman–Crippen LogP) is 6.05. The number of hydrogen-bond donors (Lipinski definition) is 1. The minimum absolute atomic E-state index is 0.154. The highest BCUT2D eigenvalue weighted by Crippen LogP contribution is 2.39. The van der Waals surface area contributed by atoms with Crippen LogP contribution >= 0.6 is 50.5 Å². The molecule has 0 saturated heterocycles. The van der Waals surface area contributed by atoms with Gasteiger partial charge in [0.25, 0.3) is 0 Å². The Kier molecular flexibility index (Phi) is 5.87. The summed E-state index contributed by atoms with van der Waals surface area (Å²) in [5.74, 6) is -0.408. The first-order valence-corrected chi connectivity index (χ1v) is 8.53. The monoisotopic (exact) mass is 395 g/mol. The largest absolute Gasteiger partial charge is 0.306 e. The van der Waals surface area contributed by atoms with Crippen molar-refractivity contribution in [3.8, 4) is 0 Å². The lowest BCUT2D eigenvalue weighted by Crippen LogP contribution is -2.22. The van der Waals surface area contributed by atoms with Gasteiger partial charge in [0.1, 0.15) is 5.82 Å². The molecule has 2 rings (SSSR count). The Bertz CT molecular complexity index is 583. The van der Waals surface area contributed by atoms with Crippen LogP contribution in [-0.4, -0.2) is 6.54 Å². The molecule has 1 atom stereocenters. The van der Waals surface area contributed by atoms with E-state index in [1.54, 1.807) is 6.07 Å². The van der Waals surface area contributed by atoms with E-state index in [1.807, 2.05) is 12.1 Å². The fraction of sp³-hybridized carbons (Fsp3) is 0.286. The van der Waals surface area contributed by atoms with E-state index in [2.05, 4.69) is 28.2 Å². The maximum absolute atomic E-state index is 13.7. The van der Waals surface area contributed by atoms with Crippen LogP contribution in [0.3, 0.4) is 0 Å². The van der Waals surface area contributed by atoms with Crippen LogP contribution < -0.4 is 5.32 Å². The third-order valence-corrected chi connectivity index (χ3v) is 5.78. The van der Waals surface area contributed by atoms with Gasteiger partial charge >= 0.3 is 0 Å². The zero-order valence-corrected chi connectivity index (χ0v) is 14.6. The van der Waals surface area contributed by atoms with Crippen LogP contribution in [0.2, 0.25) is 10.0 Å². The van der Waals surface area contributed by atoms with Crippen LogP contribution in [0.5, 0.6) is 0 Å². The minimum Gasteiger partial charge on any atom is -0.306 e. The van der Waals surface area contributed by atoms with Gasteiger partial charge < -0.3 is 5.32 Å². The molecule has 0 fully saturated rings. The molecule has 108 valence electrons. The van der Waals surface area contributed by atoms with Crippen LogP contribution in [0.1, 0.15) is 29.8 Å². The molecule has 2 aromatic rings. The summed E-state index contributed by atoms with van der Waals surface area (Å²) in [6.45, 7) is 2.89. The molecule has 1 aromatic heterocycles. The normalized spacial score (nSPS) is 12.7. The molecule has 20 heavy (non-hydrogen) atoms. The van der Waals surface area contributed by atoms with Crippen molar-refractivity contribution in [3.63, 3.8) is 0 Å². The topological polar surface area (TPSA) is 12.0 Å². The van der Waals surface area contributed by atoms with Gasteiger partial charge in [-0.15, -0.1) is 11.3 Å². The second kappa shape index (κ2) is 7.23. The molecule has 0 aliphatic heterocycles. The lowest BCUT2D eigenvalue weighted by Gasteiger charge is -2.19. The molecular weight excluding hydrogens is 384 g/mol. The highest BCUT2D eigenvalue weighted by molar-refractivity contribution is 9.11. The zero-order chi connectivity index (χ0) is 14.7. The Hall–Kier alpha value is -0.130. The number of benzene rings is 1. The molecule has 1 aromatic carbocycles. The maximum atomic E-state index is 13.7. The summed E-state index contributed by atoms with van der Waals surface area (Å²) in [5, 5.41) is 4.20. The second-order valence-corrected chi connectivity index (χ2v) is 7.49. The standard InChI is InChI=1S/C14H13BrCl2FNS/c1-2-6-19-13(11-7-9(16)14(15)20-11)8-4-3-5-10(18)12(8)17/h3-5,7,13,19H,2,6H2,1H3. The van der Waals surface area contributed by atoms with Gasteiger partial charge in [-0.1, -0.05) is 42.3 Å². The Balaban J connectivity index is 2.44. The molecule has 1 N–H and O–H groups in total. The molecule has 1 heterocycles. The van der Waals surface area contributed by atoms with Crippen molar-refractivity contribution in [3.05, 3.63) is 54.4 Å². The van der Waals surface area contributed by atoms with E-state index in [9.17, 15) is 4.39 Å². The first-order valence-electron chi connectivity index (χ1n) is 6.16. The quantitative estimate of drug-likeness (QED) is 0.648. The van der Waals surface area contributed by atoms with Crippen molar-refractivity contribution >= 4 is 50.5 Å². The maximum Gasteiger partial charge on any atom is 0.142 e. The zero-order valence-electron chi connectivity index (χ0n) is 10.7. The van der Waals surface area contributed by atoms with Crippen LogP contribution in [0.25, 0.3) is 0 Å². The third-order valence-electron chi connectivity index (χ3n) is 2.84. The first kappa shape index (κ1) is 16.2. The summed E-state index contributed by atoms with van der Waals surface area (Å²) >= 11 is 17.1. The lowest BCUT2D eigenvalue weighted by atomic mass is 10.0. The average Bonchev–Trinajstić information content (AvgIpc) is 2.74. The van der Waals surface area contributed by atoms with Gasteiger partial charge in [0.2, 0.25) is 0 Å². The molecule has 0 amide bonds. The molecule has 1 nitrogen and oxygen atoms in total. The van der Waals surface area contributed by atoms with Crippen LogP contribution in [-0.2, 0) is 0 Å². The van der Waals surface area contributed by atoms with Gasteiger partial charge in [-0.05, 0) is 46.6 Å². The van der Waals surface area contributed by atoms with Crippen molar-refractivity contribution in [1.29, 1.82) is 0 Å². The molecule has 0 aliphatic carbocycles. The predicted molar refractivity (Wildman–Crippen MR) is 88.6 cm³/mol. The number of halogens is 4. The summed E-state index contributed by atoms with van der Waals surface area (Å²) < 4.78 is 14.5. The van der Waals surface area contributed by atoms with Crippen LogP contribution in [0, 0.1) is 5.82 Å². The van der Waals surface area contributed by atoms with E-state index >= 15 is 0 Å². The minimum atomic E-state index is -0.408. The fourth-order valence-electron chi connectivity index (χ4n) is 1.90. The fourth-order valence-corrected chi connectivity index (χ4v) is 3.98.